The molecule has 4 nitrogen and oxygen atoms in total. The zero-order chi connectivity index (χ0) is 12.0. The van der Waals surface area contributed by atoms with Gasteiger partial charge in [0.05, 0.1) is 12.7 Å². The maximum absolute atomic E-state index is 11.6. The highest BCUT2D eigenvalue weighted by atomic mass is 16.1. The summed E-state index contributed by atoms with van der Waals surface area (Å²) in [6, 6.07) is 1.95. The minimum absolute atomic E-state index is 0.0169. The maximum atomic E-state index is 11.6. The molecule has 0 spiro atoms. The van der Waals surface area contributed by atoms with E-state index in [9.17, 15) is 4.79 Å². The van der Waals surface area contributed by atoms with Crippen LogP contribution in [0, 0.1) is 6.92 Å². The van der Waals surface area contributed by atoms with Crippen molar-refractivity contribution in [1.82, 2.24) is 15.1 Å². The van der Waals surface area contributed by atoms with Gasteiger partial charge in [0.2, 0.25) is 0 Å². The van der Waals surface area contributed by atoms with Crippen molar-refractivity contribution >= 4 is 0 Å². The van der Waals surface area contributed by atoms with E-state index in [0.717, 1.165) is 24.9 Å². The molecule has 0 radical (unpaired) electrons. The third-order valence-corrected chi connectivity index (χ3v) is 2.58. The van der Waals surface area contributed by atoms with E-state index < -0.39 is 0 Å². The standard InChI is InChI=1S/C12H21N3O/c1-4-6-13-11(5-2)9-15-12(16)7-10(3)8-14-15/h7-8,11,13H,4-6,9H2,1-3H3. The van der Waals surface area contributed by atoms with Crippen molar-refractivity contribution in [3.63, 3.8) is 0 Å². The molecule has 90 valence electrons. The van der Waals surface area contributed by atoms with Crippen LogP contribution in [0.5, 0.6) is 0 Å². The summed E-state index contributed by atoms with van der Waals surface area (Å²) in [5.41, 5.74) is 0.896. The van der Waals surface area contributed by atoms with Crippen LogP contribution in [0.4, 0.5) is 0 Å². The largest absolute Gasteiger partial charge is 0.312 e. The number of aryl methyl sites for hydroxylation is 1. The van der Waals surface area contributed by atoms with Crippen LogP contribution in [0.15, 0.2) is 17.1 Å². The predicted molar refractivity (Wildman–Crippen MR) is 65.6 cm³/mol. The van der Waals surface area contributed by atoms with Gasteiger partial charge in [-0.1, -0.05) is 13.8 Å². The number of aromatic nitrogens is 2. The Labute approximate surface area is 96.7 Å². The molecule has 0 saturated carbocycles. The summed E-state index contributed by atoms with van der Waals surface area (Å²) in [5.74, 6) is 0. The molecule has 0 saturated heterocycles. The fraction of sp³-hybridized carbons (Fsp3) is 0.667. The number of hydrogen-bond acceptors (Lipinski definition) is 3. The van der Waals surface area contributed by atoms with Crippen molar-refractivity contribution in [3.05, 3.63) is 28.2 Å². The Kier molecular flexibility index (Phi) is 5.19. The van der Waals surface area contributed by atoms with Gasteiger partial charge in [0.15, 0.2) is 0 Å². The highest BCUT2D eigenvalue weighted by molar-refractivity contribution is 5.02. The molecule has 1 rings (SSSR count). The molecule has 1 aromatic rings. The Morgan fingerprint density at radius 2 is 2.25 bits per heavy atom. The molecule has 0 fully saturated rings. The average molecular weight is 223 g/mol. The summed E-state index contributed by atoms with van der Waals surface area (Å²) < 4.78 is 1.53. The van der Waals surface area contributed by atoms with Crippen LogP contribution in [-0.2, 0) is 6.54 Å². The van der Waals surface area contributed by atoms with Crippen molar-refractivity contribution in [2.24, 2.45) is 0 Å². The van der Waals surface area contributed by atoms with Crippen molar-refractivity contribution in [2.75, 3.05) is 6.54 Å². The van der Waals surface area contributed by atoms with Crippen molar-refractivity contribution in [2.45, 2.75) is 46.2 Å². The average Bonchev–Trinajstić information content (AvgIpc) is 2.27. The molecule has 1 unspecified atom stereocenters. The van der Waals surface area contributed by atoms with Crippen LogP contribution >= 0.6 is 0 Å². The second-order valence-corrected chi connectivity index (χ2v) is 4.11. The minimum atomic E-state index is -0.0169. The molecule has 16 heavy (non-hydrogen) atoms. The Balaban J connectivity index is 2.66. The first kappa shape index (κ1) is 12.9. The van der Waals surface area contributed by atoms with Gasteiger partial charge in [0.25, 0.3) is 5.56 Å². The lowest BCUT2D eigenvalue weighted by atomic mass is 10.2. The lowest BCUT2D eigenvalue weighted by Gasteiger charge is -2.16. The lowest BCUT2D eigenvalue weighted by Crippen LogP contribution is -2.37. The van der Waals surface area contributed by atoms with Gasteiger partial charge in [-0.3, -0.25) is 4.79 Å². The molecule has 0 aliphatic heterocycles. The number of hydrogen-bond donors (Lipinski definition) is 1. The molecule has 1 heterocycles. The van der Waals surface area contributed by atoms with E-state index in [1.165, 1.54) is 4.68 Å². The Bertz CT molecular complexity index is 373. The smallest absolute Gasteiger partial charge is 0.267 e. The minimum Gasteiger partial charge on any atom is -0.312 e. The molecular formula is C12H21N3O. The molecular weight excluding hydrogens is 202 g/mol. The van der Waals surface area contributed by atoms with E-state index in [1.54, 1.807) is 12.3 Å². The highest BCUT2D eigenvalue weighted by Gasteiger charge is 2.07. The fourth-order valence-corrected chi connectivity index (χ4v) is 1.56. The second kappa shape index (κ2) is 6.43. The monoisotopic (exact) mass is 223 g/mol. The molecule has 1 atom stereocenters. The predicted octanol–water partition coefficient (Wildman–Crippen LogP) is 1.33. The first-order valence-electron chi connectivity index (χ1n) is 5.94. The third-order valence-electron chi connectivity index (χ3n) is 2.58. The molecule has 1 aromatic heterocycles. The topological polar surface area (TPSA) is 46.9 Å². The molecule has 0 amide bonds. The fourth-order valence-electron chi connectivity index (χ4n) is 1.56. The van der Waals surface area contributed by atoms with Crippen molar-refractivity contribution in [3.8, 4) is 0 Å². The maximum Gasteiger partial charge on any atom is 0.267 e. The van der Waals surface area contributed by atoms with Crippen molar-refractivity contribution < 1.29 is 0 Å². The summed E-state index contributed by atoms with van der Waals surface area (Å²) in [5, 5.41) is 7.55. The van der Waals surface area contributed by atoms with Crippen LogP contribution in [0.25, 0.3) is 0 Å². The summed E-state index contributed by atoms with van der Waals surface area (Å²) >= 11 is 0. The summed E-state index contributed by atoms with van der Waals surface area (Å²) in [6.45, 7) is 7.77. The van der Waals surface area contributed by atoms with Gasteiger partial charge < -0.3 is 5.32 Å². The normalized spacial score (nSPS) is 12.7. The molecule has 0 aliphatic carbocycles. The number of nitrogens with one attached hydrogen (secondary N) is 1. The summed E-state index contributed by atoms with van der Waals surface area (Å²) in [6.07, 6.45) is 3.84. The van der Waals surface area contributed by atoms with E-state index in [2.05, 4.69) is 24.3 Å². The highest BCUT2D eigenvalue weighted by Crippen LogP contribution is 1.95. The molecule has 0 aromatic carbocycles. The van der Waals surface area contributed by atoms with Gasteiger partial charge >= 0.3 is 0 Å². The zero-order valence-corrected chi connectivity index (χ0v) is 10.4. The van der Waals surface area contributed by atoms with E-state index in [0.29, 0.717) is 12.6 Å². The Hall–Kier alpha value is -1.16. The second-order valence-electron chi connectivity index (χ2n) is 4.11. The van der Waals surface area contributed by atoms with Gasteiger partial charge in [0, 0.05) is 12.1 Å². The van der Waals surface area contributed by atoms with Crippen molar-refractivity contribution in [1.29, 1.82) is 0 Å². The Morgan fingerprint density at radius 3 is 2.81 bits per heavy atom. The van der Waals surface area contributed by atoms with E-state index in [-0.39, 0.29) is 5.56 Å². The lowest BCUT2D eigenvalue weighted by molar-refractivity contribution is 0.405. The van der Waals surface area contributed by atoms with E-state index in [1.807, 2.05) is 6.92 Å². The molecule has 1 N–H and O–H groups in total. The summed E-state index contributed by atoms with van der Waals surface area (Å²) in [7, 11) is 0. The summed E-state index contributed by atoms with van der Waals surface area (Å²) in [4.78, 5) is 11.6. The number of nitrogens with zero attached hydrogens (tertiary/aromatic N) is 2. The van der Waals surface area contributed by atoms with Gasteiger partial charge in [-0.15, -0.1) is 0 Å². The SMILES string of the molecule is CCCNC(CC)Cn1ncc(C)cc1=O. The quantitative estimate of drug-likeness (QED) is 0.791. The van der Waals surface area contributed by atoms with Crippen LogP contribution in [0.3, 0.4) is 0 Å². The van der Waals surface area contributed by atoms with Gasteiger partial charge in [0.1, 0.15) is 0 Å². The zero-order valence-electron chi connectivity index (χ0n) is 10.4. The van der Waals surface area contributed by atoms with E-state index in [4.69, 9.17) is 0 Å². The van der Waals surface area contributed by atoms with Gasteiger partial charge in [-0.2, -0.15) is 5.10 Å². The van der Waals surface area contributed by atoms with Gasteiger partial charge in [-0.25, -0.2) is 4.68 Å². The van der Waals surface area contributed by atoms with Gasteiger partial charge in [-0.05, 0) is 31.9 Å². The van der Waals surface area contributed by atoms with Crippen LogP contribution in [0.2, 0.25) is 0 Å². The first-order valence-corrected chi connectivity index (χ1v) is 5.94. The Morgan fingerprint density at radius 1 is 1.50 bits per heavy atom. The van der Waals surface area contributed by atoms with E-state index >= 15 is 0 Å². The number of rotatable bonds is 6. The molecule has 4 heteroatoms. The van der Waals surface area contributed by atoms with Crippen LogP contribution in [-0.4, -0.2) is 22.4 Å². The van der Waals surface area contributed by atoms with Crippen LogP contribution in [0.1, 0.15) is 32.3 Å². The van der Waals surface area contributed by atoms with Crippen LogP contribution < -0.4 is 10.9 Å². The molecule has 0 bridgehead atoms. The third kappa shape index (κ3) is 3.77. The first-order chi connectivity index (χ1) is 7.67. The molecule has 0 aliphatic rings.